The third-order valence-corrected chi connectivity index (χ3v) is 7.66. The van der Waals surface area contributed by atoms with E-state index < -0.39 is 0 Å². The summed E-state index contributed by atoms with van der Waals surface area (Å²) in [6.45, 7) is 11.4. The molecule has 32 heavy (non-hydrogen) atoms. The number of rotatable bonds is 7. The smallest absolute Gasteiger partial charge is 0.341 e. The van der Waals surface area contributed by atoms with E-state index in [9.17, 15) is 9.59 Å². The van der Waals surface area contributed by atoms with Crippen LogP contribution in [0, 0.1) is 25.2 Å². The Morgan fingerprint density at radius 2 is 1.97 bits per heavy atom. The second-order valence-corrected chi connectivity index (χ2v) is 10.8. The van der Waals surface area contributed by atoms with Crippen molar-refractivity contribution in [3.63, 3.8) is 0 Å². The standard InChI is InChI=1S/C26H35NO4S/c1-16-9-7-10-20(17(16)2)31-14-8-11-22(28)27-24-23(25(29)30-6)19-13-12-18(26(3,4)5)15-21(19)32-24/h7,9-10,18H,8,11-15H2,1-6H3,(H,27,28). The van der Waals surface area contributed by atoms with E-state index in [1.165, 1.54) is 28.9 Å². The van der Waals surface area contributed by atoms with Gasteiger partial charge >= 0.3 is 5.97 Å². The van der Waals surface area contributed by atoms with Crippen LogP contribution in [0.3, 0.4) is 0 Å². The molecule has 3 rings (SSSR count). The van der Waals surface area contributed by atoms with Crippen LogP contribution in [0.5, 0.6) is 5.75 Å². The first kappa shape index (κ1) is 24.3. The Morgan fingerprint density at radius 1 is 1.22 bits per heavy atom. The van der Waals surface area contributed by atoms with Gasteiger partial charge in [0.1, 0.15) is 10.8 Å². The molecule has 1 aliphatic rings. The molecule has 0 spiro atoms. The fourth-order valence-corrected chi connectivity index (χ4v) is 5.55. The summed E-state index contributed by atoms with van der Waals surface area (Å²) in [5.74, 6) is 0.943. The number of ether oxygens (including phenoxy) is 2. The molecule has 0 radical (unpaired) electrons. The highest BCUT2D eigenvalue weighted by Gasteiger charge is 2.34. The average Bonchev–Trinajstić information content (AvgIpc) is 3.09. The first-order valence-electron chi connectivity index (χ1n) is 11.3. The van der Waals surface area contributed by atoms with Gasteiger partial charge in [0.05, 0.1) is 19.3 Å². The molecule has 1 unspecified atom stereocenters. The molecule has 6 heteroatoms. The van der Waals surface area contributed by atoms with Crippen molar-refractivity contribution in [2.24, 2.45) is 11.3 Å². The van der Waals surface area contributed by atoms with Gasteiger partial charge in [-0.3, -0.25) is 4.79 Å². The van der Waals surface area contributed by atoms with E-state index in [1.807, 2.05) is 19.1 Å². The molecule has 1 N–H and O–H groups in total. The lowest BCUT2D eigenvalue weighted by atomic mass is 9.72. The quantitative estimate of drug-likeness (QED) is 0.403. The number of nitrogens with one attached hydrogen (secondary N) is 1. The van der Waals surface area contributed by atoms with Crippen molar-refractivity contribution in [2.45, 2.75) is 66.7 Å². The number of hydrogen-bond donors (Lipinski definition) is 1. The summed E-state index contributed by atoms with van der Waals surface area (Å²) < 4.78 is 10.9. The van der Waals surface area contributed by atoms with Crippen molar-refractivity contribution in [3.05, 3.63) is 45.3 Å². The highest BCUT2D eigenvalue weighted by atomic mass is 32.1. The Hall–Kier alpha value is -2.34. The van der Waals surface area contributed by atoms with Crippen LogP contribution in [-0.4, -0.2) is 25.6 Å². The second kappa shape index (κ2) is 10.1. The lowest BCUT2D eigenvalue weighted by Gasteiger charge is -2.33. The fraction of sp³-hybridized carbons (Fsp3) is 0.538. The third-order valence-electron chi connectivity index (χ3n) is 6.49. The van der Waals surface area contributed by atoms with Gasteiger partial charge in [-0.05, 0) is 73.6 Å². The number of esters is 1. The first-order chi connectivity index (χ1) is 15.1. The molecule has 1 amide bonds. The van der Waals surface area contributed by atoms with Gasteiger partial charge in [0, 0.05) is 11.3 Å². The maximum absolute atomic E-state index is 12.6. The number of hydrogen-bond acceptors (Lipinski definition) is 5. The van der Waals surface area contributed by atoms with E-state index in [-0.39, 0.29) is 17.3 Å². The van der Waals surface area contributed by atoms with Crippen molar-refractivity contribution in [1.82, 2.24) is 0 Å². The molecular formula is C26H35NO4S. The molecule has 0 aliphatic heterocycles. The van der Waals surface area contributed by atoms with Crippen LogP contribution < -0.4 is 10.1 Å². The largest absolute Gasteiger partial charge is 0.493 e. The number of aryl methyl sites for hydroxylation is 1. The van der Waals surface area contributed by atoms with Gasteiger partial charge in [0.25, 0.3) is 0 Å². The van der Waals surface area contributed by atoms with Crippen LogP contribution in [-0.2, 0) is 22.4 Å². The second-order valence-electron chi connectivity index (χ2n) is 9.70. The molecular weight excluding hydrogens is 422 g/mol. The average molecular weight is 458 g/mol. The number of amides is 1. The molecule has 1 aliphatic carbocycles. The monoisotopic (exact) mass is 457 g/mol. The van der Waals surface area contributed by atoms with E-state index >= 15 is 0 Å². The number of anilines is 1. The fourth-order valence-electron chi connectivity index (χ4n) is 4.22. The zero-order valence-electron chi connectivity index (χ0n) is 20.1. The number of carbonyl (C=O) groups is 2. The van der Waals surface area contributed by atoms with Crippen molar-refractivity contribution in [3.8, 4) is 5.75 Å². The molecule has 1 heterocycles. The number of benzene rings is 1. The van der Waals surface area contributed by atoms with E-state index in [0.717, 1.165) is 36.1 Å². The van der Waals surface area contributed by atoms with Gasteiger partial charge in [-0.25, -0.2) is 4.79 Å². The van der Waals surface area contributed by atoms with E-state index in [4.69, 9.17) is 9.47 Å². The zero-order valence-corrected chi connectivity index (χ0v) is 20.9. The Morgan fingerprint density at radius 3 is 2.66 bits per heavy atom. The van der Waals surface area contributed by atoms with E-state index in [2.05, 4.69) is 39.1 Å². The summed E-state index contributed by atoms with van der Waals surface area (Å²) in [4.78, 5) is 26.3. The van der Waals surface area contributed by atoms with Crippen molar-refractivity contribution in [1.29, 1.82) is 0 Å². The summed E-state index contributed by atoms with van der Waals surface area (Å²) >= 11 is 1.53. The third kappa shape index (κ3) is 5.52. The first-order valence-corrected chi connectivity index (χ1v) is 12.1. The number of thiophene rings is 1. The molecule has 5 nitrogen and oxygen atoms in total. The Bertz CT molecular complexity index is 986. The van der Waals surface area contributed by atoms with Crippen LogP contribution in [0.15, 0.2) is 18.2 Å². The zero-order chi connectivity index (χ0) is 23.5. The summed E-state index contributed by atoms with van der Waals surface area (Å²) in [5, 5.41) is 3.60. The van der Waals surface area contributed by atoms with Crippen LogP contribution in [0.1, 0.15) is 72.0 Å². The highest BCUT2D eigenvalue weighted by molar-refractivity contribution is 7.17. The molecule has 1 atom stereocenters. The maximum atomic E-state index is 12.6. The predicted octanol–water partition coefficient (Wildman–Crippen LogP) is 6.10. The molecule has 174 valence electrons. The predicted molar refractivity (Wildman–Crippen MR) is 130 cm³/mol. The van der Waals surface area contributed by atoms with Gasteiger partial charge in [-0.2, -0.15) is 0 Å². The molecule has 0 bridgehead atoms. The molecule has 1 aromatic heterocycles. The minimum Gasteiger partial charge on any atom is -0.493 e. The SMILES string of the molecule is COC(=O)c1c(NC(=O)CCCOc2cccc(C)c2C)sc2c1CCC(C(C)(C)C)C2. The Balaban J connectivity index is 1.63. The summed E-state index contributed by atoms with van der Waals surface area (Å²) in [6, 6.07) is 5.98. The summed E-state index contributed by atoms with van der Waals surface area (Å²) in [5.41, 5.74) is 4.12. The maximum Gasteiger partial charge on any atom is 0.341 e. The topological polar surface area (TPSA) is 64.6 Å². The molecule has 0 saturated heterocycles. The van der Waals surface area contributed by atoms with Gasteiger partial charge < -0.3 is 14.8 Å². The lowest BCUT2D eigenvalue weighted by Crippen LogP contribution is -2.26. The normalized spacial score (nSPS) is 15.8. The van der Waals surface area contributed by atoms with E-state index in [0.29, 0.717) is 35.9 Å². The van der Waals surface area contributed by atoms with Crippen LogP contribution in [0.4, 0.5) is 5.00 Å². The molecule has 0 fully saturated rings. The van der Waals surface area contributed by atoms with Gasteiger partial charge in [0.2, 0.25) is 5.91 Å². The van der Waals surface area contributed by atoms with Crippen LogP contribution in [0.2, 0.25) is 0 Å². The van der Waals surface area contributed by atoms with Crippen molar-refractivity contribution >= 4 is 28.2 Å². The van der Waals surface area contributed by atoms with Crippen LogP contribution >= 0.6 is 11.3 Å². The van der Waals surface area contributed by atoms with Gasteiger partial charge in [0.15, 0.2) is 0 Å². The highest BCUT2D eigenvalue weighted by Crippen LogP contribution is 2.44. The lowest BCUT2D eigenvalue weighted by molar-refractivity contribution is -0.116. The number of methoxy groups -OCH3 is 1. The van der Waals surface area contributed by atoms with E-state index in [1.54, 1.807) is 0 Å². The van der Waals surface area contributed by atoms with Crippen LogP contribution in [0.25, 0.3) is 0 Å². The van der Waals surface area contributed by atoms with Crippen molar-refractivity contribution < 1.29 is 19.1 Å². The number of fused-ring (bicyclic) bond motifs is 1. The molecule has 1 aromatic carbocycles. The summed E-state index contributed by atoms with van der Waals surface area (Å²) in [6.07, 6.45) is 3.76. The Kier molecular flexibility index (Phi) is 7.65. The van der Waals surface area contributed by atoms with Crippen molar-refractivity contribution in [2.75, 3.05) is 19.0 Å². The Labute approximate surface area is 195 Å². The molecule has 0 saturated carbocycles. The van der Waals surface area contributed by atoms with Gasteiger partial charge in [-0.15, -0.1) is 11.3 Å². The summed E-state index contributed by atoms with van der Waals surface area (Å²) in [7, 11) is 1.39. The number of carbonyl (C=O) groups excluding carboxylic acids is 2. The van der Waals surface area contributed by atoms with Gasteiger partial charge in [-0.1, -0.05) is 32.9 Å². The minimum atomic E-state index is -0.370. The minimum absolute atomic E-state index is 0.106. The molecule has 2 aromatic rings.